The molecule has 0 saturated carbocycles. The first-order valence-corrected chi connectivity index (χ1v) is 5.34. The number of nitrogens with one attached hydrogen (secondary N) is 2. The summed E-state index contributed by atoms with van der Waals surface area (Å²) in [7, 11) is 0. The second kappa shape index (κ2) is 5.45. The number of carbonyl (C=O) groups excluding carboxylic acids is 2. The number of halogens is 1. The highest BCUT2D eigenvalue weighted by atomic mass is 79.9. The van der Waals surface area contributed by atoms with Gasteiger partial charge in [-0.25, -0.2) is 4.98 Å². The molecule has 0 fully saturated rings. The van der Waals surface area contributed by atoms with Crippen LogP contribution in [0.4, 0.5) is 5.82 Å². The topological polar surface area (TPSA) is 97.1 Å². The molecule has 1 heterocycles. The zero-order valence-corrected chi connectivity index (χ0v) is 10.2. The third-order valence-corrected chi connectivity index (χ3v) is 2.20. The van der Waals surface area contributed by atoms with Gasteiger partial charge in [0.15, 0.2) is 0 Å². The van der Waals surface area contributed by atoms with Gasteiger partial charge in [-0.05, 0) is 22.0 Å². The van der Waals surface area contributed by atoms with Gasteiger partial charge in [0.05, 0.1) is 5.56 Å². The van der Waals surface area contributed by atoms with E-state index in [1.54, 1.807) is 6.92 Å². The first-order valence-electron chi connectivity index (χ1n) is 4.54. The Morgan fingerprint density at radius 1 is 1.50 bits per heavy atom. The number of nitrogens with two attached hydrogens (primary N) is 1. The van der Waals surface area contributed by atoms with E-state index < -0.39 is 5.91 Å². The van der Waals surface area contributed by atoms with E-state index in [1.807, 2.05) is 0 Å². The van der Waals surface area contributed by atoms with E-state index >= 15 is 0 Å². The molecule has 0 atom stereocenters. The largest absolute Gasteiger partial charge is 0.383 e. The van der Waals surface area contributed by atoms with Crippen LogP contribution in [0.25, 0.3) is 0 Å². The van der Waals surface area contributed by atoms with Crippen molar-refractivity contribution < 1.29 is 9.59 Å². The van der Waals surface area contributed by atoms with E-state index in [9.17, 15) is 9.59 Å². The van der Waals surface area contributed by atoms with Crippen molar-refractivity contribution in [2.24, 2.45) is 0 Å². The van der Waals surface area contributed by atoms with Crippen LogP contribution < -0.4 is 16.6 Å². The molecule has 4 N–H and O–H groups in total. The predicted molar refractivity (Wildman–Crippen MR) is 62.2 cm³/mol. The van der Waals surface area contributed by atoms with Crippen molar-refractivity contribution in [3.8, 4) is 0 Å². The number of hydrazine groups is 1. The molecule has 2 amide bonds. The third-order valence-electron chi connectivity index (χ3n) is 1.77. The second-order valence-electron chi connectivity index (χ2n) is 2.94. The summed E-state index contributed by atoms with van der Waals surface area (Å²) in [6, 6.07) is 1.52. The van der Waals surface area contributed by atoms with Gasteiger partial charge in [-0.1, -0.05) is 6.92 Å². The van der Waals surface area contributed by atoms with Crippen LogP contribution in [0.15, 0.2) is 16.7 Å². The van der Waals surface area contributed by atoms with Crippen LogP contribution in [0.2, 0.25) is 0 Å². The van der Waals surface area contributed by atoms with E-state index in [0.29, 0.717) is 4.47 Å². The standard InChI is InChI=1S/C9H11BrN4O2/c1-2-7(15)13-14-9(16)6-3-5(10)4-12-8(6)11/h3-4H,2H2,1H3,(H2,11,12)(H,13,15)(H,14,16). The summed E-state index contributed by atoms with van der Waals surface area (Å²) in [5.74, 6) is -0.686. The number of rotatable bonds is 2. The van der Waals surface area contributed by atoms with Crippen molar-refractivity contribution in [3.05, 3.63) is 22.3 Å². The van der Waals surface area contributed by atoms with Gasteiger partial charge in [-0.15, -0.1) is 0 Å². The van der Waals surface area contributed by atoms with Gasteiger partial charge in [0, 0.05) is 17.1 Å². The fourth-order valence-corrected chi connectivity index (χ4v) is 1.25. The number of anilines is 1. The molecule has 0 unspecified atom stereocenters. The minimum absolute atomic E-state index is 0.103. The number of pyridine rings is 1. The Hall–Kier alpha value is -1.63. The highest BCUT2D eigenvalue weighted by Gasteiger charge is 2.11. The molecule has 16 heavy (non-hydrogen) atoms. The lowest BCUT2D eigenvalue weighted by atomic mass is 10.2. The van der Waals surface area contributed by atoms with Crippen LogP contribution in [0.5, 0.6) is 0 Å². The fourth-order valence-electron chi connectivity index (χ4n) is 0.914. The average Bonchev–Trinajstić information content (AvgIpc) is 2.28. The third kappa shape index (κ3) is 3.20. The molecule has 0 aliphatic heterocycles. The average molecular weight is 287 g/mol. The van der Waals surface area contributed by atoms with E-state index in [1.165, 1.54) is 12.3 Å². The van der Waals surface area contributed by atoms with E-state index in [4.69, 9.17) is 5.73 Å². The Morgan fingerprint density at radius 3 is 2.81 bits per heavy atom. The first kappa shape index (κ1) is 12.4. The summed E-state index contributed by atoms with van der Waals surface area (Å²) in [6.45, 7) is 1.68. The number of hydrogen-bond acceptors (Lipinski definition) is 4. The SMILES string of the molecule is CCC(=O)NNC(=O)c1cc(Br)cnc1N. The van der Waals surface area contributed by atoms with Crippen molar-refractivity contribution in [1.82, 2.24) is 15.8 Å². The lowest BCUT2D eigenvalue weighted by Gasteiger charge is -2.07. The highest BCUT2D eigenvalue weighted by molar-refractivity contribution is 9.10. The Morgan fingerprint density at radius 2 is 2.19 bits per heavy atom. The van der Waals surface area contributed by atoms with Crippen LogP contribution in [-0.2, 0) is 4.79 Å². The van der Waals surface area contributed by atoms with Crippen molar-refractivity contribution >= 4 is 33.6 Å². The molecule has 6 nitrogen and oxygen atoms in total. The molecule has 0 aromatic carbocycles. The monoisotopic (exact) mass is 286 g/mol. The molecule has 0 aliphatic carbocycles. The summed E-state index contributed by atoms with van der Waals surface area (Å²) in [4.78, 5) is 26.3. The fraction of sp³-hybridized carbons (Fsp3) is 0.222. The van der Waals surface area contributed by atoms with Gasteiger partial charge in [-0.3, -0.25) is 20.4 Å². The molecule has 0 spiro atoms. The maximum absolute atomic E-state index is 11.6. The van der Waals surface area contributed by atoms with Crippen LogP contribution in [-0.4, -0.2) is 16.8 Å². The molecule has 0 radical (unpaired) electrons. The van der Waals surface area contributed by atoms with E-state index in [-0.39, 0.29) is 23.7 Å². The second-order valence-corrected chi connectivity index (χ2v) is 3.86. The Balaban J connectivity index is 2.73. The number of aromatic nitrogens is 1. The van der Waals surface area contributed by atoms with E-state index in [2.05, 4.69) is 31.8 Å². The van der Waals surface area contributed by atoms with Crippen molar-refractivity contribution in [2.75, 3.05) is 5.73 Å². The van der Waals surface area contributed by atoms with Crippen molar-refractivity contribution in [1.29, 1.82) is 0 Å². The highest BCUT2D eigenvalue weighted by Crippen LogP contribution is 2.14. The van der Waals surface area contributed by atoms with E-state index in [0.717, 1.165) is 0 Å². The van der Waals surface area contributed by atoms with Crippen LogP contribution in [0.1, 0.15) is 23.7 Å². The molecule has 0 aliphatic rings. The first-order chi connectivity index (χ1) is 7.54. The number of amides is 2. The van der Waals surface area contributed by atoms with Crippen molar-refractivity contribution in [3.63, 3.8) is 0 Å². The Kier molecular flexibility index (Phi) is 4.24. The zero-order chi connectivity index (χ0) is 12.1. The Bertz CT molecular complexity index is 422. The smallest absolute Gasteiger partial charge is 0.273 e. The molecular weight excluding hydrogens is 276 g/mol. The molecule has 7 heteroatoms. The number of nitrogens with zero attached hydrogens (tertiary/aromatic N) is 1. The molecule has 1 aromatic heterocycles. The normalized spacial score (nSPS) is 9.62. The van der Waals surface area contributed by atoms with Gasteiger partial charge in [0.2, 0.25) is 5.91 Å². The number of hydrogen-bond donors (Lipinski definition) is 3. The maximum atomic E-state index is 11.6. The van der Waals surface area contributed by atoms with Gasteiger partial charge >= 0.3 is 0 Å². The summed E-state index contributed by atoms with van der Waals surface area (Å²) in [6.07, 6.45) is 1.77. The van der Waals surface area contributed by atoms with Crippen LogP contribution in [0.3, 0.4) is 0 Å². The van der Waals surface area contributed by atoms with Gasteiger partial charge in [0.1, 0.15) is 5.82 Å². The minimum atomic E-state index is -0.506. The summed E-state index contributed by atoms with van der Waals surface area (Å²) in [5, 5.41) is 0. The number of carbonyl (C=O) groups is 2. The Labute approximate surface area is 101 Å². The summed E-state index contributed by atoms with van der Waals surface area (Å²) >= 11 is 3.17. The van der Waals surface area contributed by atoms with Gasteiger partial charge in [-0.2, -0.15) is 0 Å². The molecule has 0 bridgehead atoms. The van der Waals surface area contributed by atoms with Crippen LogP contribution >= 0.6 is 15.9 Å². The minimum Gasteiger partial charge on any atom is -0.383 e. The van der Waals surface area contributed by atoms with Gasteiger partial charge in [0.25, 0.3) is 5.91 Å². The quantitative estimate of drug-likeness (QED) is 0.694. The maximum Gasteiger partial charge on any atom is 0.273 e. The summed E-state index contributed by atoms with van der Waals surface area (Å²) < 4.78 is 0.633. The van der Waals surface area contributed by atoms with Gasteiger partial charge < -0.3 is 5.73 Å². The molecular formula is C9H11BrN4O2. The lowest BCUT2D eigenvalue weighted by Crippen LogP contribution is -2.41. The van der Waals surface area contributed by atoms with Crippen molar-refractivity contribution in [2.45, 2.75) is 13.3 Å². The molecule has 0 saturated heterocycles. The summed E-state index contributed by atoms with van der Waals surface area (Å²) in [5.41, 5.74) is 10.2. The lowest BCUT2D eigenvalue weighted by molar-refractivity contribution is -0.121. The molecule has 86 valence electrons. The molecule has 1 aromatic rings. The molecule has 1 rings (SSSR count). The zero-order valence-electron chi connectivity index (χ0n) is 8.58. The van der Waals surface area contributed by atoms with Crippen LogP contribution in [0, 0.1) is 0 Å². The number of nitrogen functional groups attached to an aromatic ring is 1. The predicted octanol–water partition coefficient (Wildman–Crippen LogP) is 0.597.